The molecule has 138 valence electrons. The van der Waals surface area contributed by atoms with Crippen LogP contribution in [0.2, 0.25) is 0 Å². The number of likely N-dealkylation sites (tertiary alicyclic amines) is 1. The summed E-state index contributed by atoms with van der Waals surface area (Å²) in [5.74, 6) is -0.360. The first-order valence-corrected chi connectivity index (χ1v) is 8.89. The molecule has 1 saturated heterocycles. The predicted molar refractivity (Wildman–Crippen MR) is 97.7 cm³/mol. The molecular weight excluding hydrogens is 334 g/mol. The van der Waals surface area contributed by atoms with Crippen molar-refractivity contribution in [2.24, 2.45) is 0 Å². The van der Waals surface area contributed by atoms with Gasteiger partial charge in [0.1, 0.15) is 0 Å². The van der Waals surface area contributed by atoms with Crippen molar-refractivity contribution >= 4 is 17.4 Å². The standard InChI is InChI=1S/C18H23N5O3/c24-18(9-13-22-12-8-17(20-22)23(25)26)19-16-6-4-15(5-7-16)14-21-10-2-1-3-11-21/h4-8,12H,1-3,9-11,13-14H2,(H,19,24). The normalized spacial score (nSPS) is 14.9. The summed E-state index contributed by atoms with van der Waals surface area (Å²) in [6.07, 6.45) is 5.57. The lowest BCUT2D eigenvalue weighted by molar-refractivity contribution is -0.389. The molecule has 1 aromatic carbocycles. The number of carbonyl (C=O) groups is 1. The highest BCUT2D eigenvalue weighted by Crippen LogP contribution is 2.15. The Morgan fingerprint density at radius 3 is 2.54 bits per heavy atom. The largest absolute Gasteiger partial charge is 0.389 e. The predicted octanol–water partition coefficient (Wildman–Crippen LogP) is 2.81. The number of nitrogens with zero attached hydrogens (tertiary/aromatic N) is 4. The molecule has 0 spiro atoms. The molecular formula is C18H23N5O3. The first kappa shape index (κ1) is 18.1. The fourth-order valence-corrected chi connectivity index (χ4v) is 3.08. The van der Waals surface area contributed by atoms with Gasteiger partial charge < -0.3 is 15.4 Å². The minimum Gasteiger partial charge on any atom is -0.358 e. The van der Waals surface area contributed by atoms with E-state index in [1.807, 2.05) is 24.3 Å². The molecule has 0 bridgehead atoms. The van der Waals surface area contributed by atoms with Crippen molar-refractivity contribution in [1.82, 2.24) is 14.7 Å². The zero-order valence-corrected chi connectivity index (χ0v) is 14.6. The molecule has 1 aromatic heterocycles. The molecule has 8 heteroatoms. The van der Waals surface area contributed by atoms with Gasteiger partial charge in [0, 0.05) is 18.7 Å². The summed E-state index contributed by atoms with van der Waals surface area (Å²) in [4.78, 5) is 24.5. The number of aryl methyl sites for hydroxylation is 1. The van der Waals surface area contributed by atoms with Crippen LogP contribution in [0, 0.1) is 10.1 Å². The number of amides is 1. The second-order valence-corrected chi connectivity index (χ2v) is 6.53. The molecule has 26 heavy (non-hydrogen) atoms. The van der Waals surface area contributed by atoms with Crippen molar-refractivity contribution in [1.29, 1.82) is 0 Å². The van der Waals surface area contributed by atoms with E-state index in [1.54, 1.807) is 0 Å². The first-order valence-electron chi connectivity index (χ1n) is 8.89. The van der Waals surface area contributed by atoms with E-state index in [0.717, 1.165) is 25.3 Å². The molecule has 1 aliphatic heterocycles. The number of hydrogen-bond donors (Lipinski definition) is 1. The van der Waals surface area contributed by atoms with Gasteiger partial charge in [0.15, 0.2) is 0 Å². The van der Waals surface area contributed by atoms with E-state index in [0.29, 0.717) is 6.54 Å². The molecule has 2 heterocycles. The zero-order valence-electron chi connectivity index (χ0n) is 14.6. The van der Waals surface area contributed by atoms with Crippen LogP contribution in [0.15, 0.2) is 36.5 Å². The average Bonchev–Trinajstić information content (AvgIpc) is 3.12. The maximum Gasteiger partial charge on any atom is 0.389 e. The molecule has 0 aliphatic carbocycles. The highest BCUT2D eigenvalue weighted by molar-refractivity contribution is 5.90. The monoisotopic (exact) mass is 357 g/mol. The lowest BCUT2D eigenvalue weighted by Gasteiger charge is -2.26. The van der Waals surface area contributed by atoms with Gasteiger partial charge in [-0.25, -0.2) is 0 Å². The van der Waals surface area contributed by atoms with Crippen molar-refractivity contribution in [3.05, 3.63) is 52.2 Å². The van der Waals surface area contributed by atoms with Gasteiger partial charge in [-0.05, 0) is 48.6 Å². The van der Waals surface area contributed by atoms with Crippen LogP contribution < -0.4 is 5.32 Å². The molecule has 0 radical (unpaired) electrons. The average molecular weight is 357 g/mol. The summed E-state index contributed by atoms with van der Waals surface area (Å²) in [6, 6.07) is 9.23. The van der Waals surface area contributed by atoms with E-state index < -0.39 is 4.92 Å². The molecule has 0 atom stereocenters. The van der Waals surface area contributed by atoms with Crippen molar-refractivity contribution < 1.29 is 9.72 Å². The Hall–Kier alpha value is -2.74. The zero-order chi connectivity index (χ0) is 18.4. The Balaban J connectivity index is 1.45. The third kappa shape index (κ3) is 5.13. The quantitative estimate of drug-likeness (QED) is 0.607. The molecule has 1 N–H and O–H groups in total. The van der Waals surface area contributed by atoms with Gasteiger partial charge >= 0.3 is 5.82 Å². The van der Waals surface area contributed by atoms with E-state index in [1.165, 1.54) is 41.8 Å². The van der Waals surface area contributed by atoms with Crippen LogP contribution in [0.3, 0.4) is 0 Å². The van der Waals surface area contributed by atoms with Crippen LogP contribution in [-0.2, 0) is 17.9 Å². The number of carbonyl (C=O) groups excluding carboxylic acids is 1. The minimum atomic E-state index is -0.554. The van der Waals surface area contributed by atoms with Crippen molar-refractivity contribution in [2.45, 2.75) is 38.8 Å². The number of piperidine rings is 1. The van der Waals surface area contributed by atoms with Gasteiger partial charge in [-0.15, -0.1) is 0 Å². The third-order valence-electron chi connectivity index (χ3n) is 4.47. The molecule has 1 amide bonds. The number of nitrogens with one attached hydrogen (secondary N) is 1. The summed E-state index contributed by atoms with van der Waals surface area (Å²) in [5, 5.41) is 17.2. The van der Waals surface area contributed by atoms with E-state index in [2.05, 4.69) is 15.3 Å². The van der Waals surface area contributed by atoms with E-state index >= 15 is 0 Å². The summed E-state index contributed by atoms with van der Waals surface area (Å²) in [6.45, 7) is 3.56. The number of anilines is 1. The van der Waals surface area contributed by atoms with Crippen LogP contribution >= 0.6 is 0 Å². The number of hydrogen-bond acceptors (Lipinski definition) is 5. The van der Waals surface area contributed by atoms with Crippen LogP contribution in [-0.4, -0.2) is 38.6 Å². The van der Waals surface area contributed by atoms with Crippen molar-refractivity contribution in [3.63, 3.8) is 0 Å². The number of benzene rings is 1. The minimum absolute atomic E-state index is 0.146. The van der Waals surface area contributed by atoms with E-state index in [-0.39, 0.29) is 18.1 Å². The van der Waals surface area contributed by atoms with Gasteiger partial charge in [-0.3, -0.25) is 9.69 Å². The van der Waals surface area contributed by atoms with Crippen LogP contribution in [0.5, 0.6) is 0 Å². The third-order valence-corrected chi connectivity index (χ3v) is 4.47. The van der Waals surface area contributed by atoms with Crippen LogP contribution in [0.25, 0.3) is 0 Å². The second kappa shape index (κ2) is 8.57. The molecule has 1 aliphatic rings. The van der Waals surface area contributed by atoms with Crippen LogP contribution in [0.4, 0.5) is 11.5 Å². The molecule has 0 saturated carbocycles. The van der Waals surface area contributed by atoms with E-state index in [4.69, 9.17) is 0 Å². The Morgan fingerprint density at radius 2 is 1.88 bits per heavy atom. The number of rotatable bonds is 7. The fourth-order valence-electron chi connectivity index (χ4n) is 3.08. The molecule has 3 rings (SSSR count). The first-order chi connectivity index (χ1) is 12.6. The van der Waals surface area contributed by atoms with Gasteiger partial charge in [0.25, 0.3) is 0 Å². The SMILES string of the molecule is O=C(CCn1ccc([N+](=O)[O-])n1)Nc1ccc(CN2CCCCC2)cc1. The second-order valence-electron chi connectivity index (χ2n) is 6.53. The van der Waals surface area contributed by atoms with Gasteiger partial charge in [0.05, 0.1) is 23.9 Å². The Labute approximate surface area is 151 Å². The Bertz CT molecular complexity index is 750. The molecule has 1 fully saturated rings. The van der Waals surface area contributed by atoms with Gasteiger partial charge in [-0.2, -0.15) is 4.68 Å². The van der Waals surface area contributed by atoms with Crippen LogP contribution in [0.1, 0.15) is 31.2 Å². The lowest BCUT2D eigenvalue weighted by Crippen LogP contribution is -2.29. The molecule has 8 nitrogen and oxygen atoms in total. The topological polar surface area (TPSA) is 93.3 Å². The smallest absolute Gasteiger partial charge is 0.358 e. The lowest BCUT2D eigenvalue weighted by atomic mass is 10.1. The van der Waals surface area contributed by atoms with Crippen molar-refractivity contribution in [3.8, 4) is 0 Å². The Morgan fingerprint density at radius 1 is 1.15 bits per heavy atom. The number of nitro groups is 1. The molecule has 2 aromatic rings. The summed E-state index contributed by atoms with van der Waals surface area (Å²) >= 11 is 0. The highest BCUT2D eigenvalue weighted by atomic mass is 16.6. The van der Waals surface area contributed by atoms with E-state index in [9.17, 15) is 14.9 Å². The summed E-state index contributed by atoms with van der Waals surface area (Å²) in [5.41, 5.74) is 2.00. The molecule has 0 unspecified atom stereocenters. The fraction of sp³-hybridized carbons (Fsp3) is 0.444. The highest BCUT2D eigenvalue weighted by Gasteiger charge is 2.12. The maximum absolute atomic E-state index is 12.0. The summed E-state index contributed by atoms with van der Waals surface area (Å²) < 4.78 is 1.40. The Kier molecular flexibility index (Phi) is 5.96. The van der Waals surface area contributed by atoms with Gasteiger partial charge in [-0.1, -0.05) is 18.6 Å². The van der Waals surface area contributed by atoms with Gasteiger partial charge in [0.2, 0.25) is 5.91 Å². The van der Waals surface area contributed by atoms with Crippen molar-refractivity contribution in [2.75, 3.05) is 18.4 Å². The maximum atomic E-state index is 12.0. The number of aromatic nitrogens is 2. The summed E-state index contributed by atoms with van der Waals surface area (Å²) in [7, 11) is 0.